The molecule has 26 heavy (non-hydrogen) atoms. The predicted octanol–water partition coefficient (Wildman–Crippen LogP) is 2.86. The first-order chi connectivity index (χ1) is 12.5. The van der Waals surface area contributed by atoms with E-state index in [4.69, 9.17) is 9.84 Å². The van der Waals surface area contributed by atoms with Crippen LogP contribution in [0.15, 0.2) is 24.3 Å². The number of thioether (sulfide) groups is 1. The number of carboxylic acids is 1. The number of Topliss-reactive ketones (excluding diaryl/α,β-unsaturated/α-hetero) is 1. The Balaban J connectivity index is 1.87. The number of hydrogen-bond acceptors (Lipinski definition) is 5. The van der Waals surface area contributed by atoms with E-state index in [1.807, 2.05) is 6.92 Å². The van der Waals surface area contributed by atoms with Crippen LogP contribution in [0.5, 0.6) is 5.75 Å². The quantitative estimate of drug-likeness (QED) is 0.664. The fraction of sp³-hybridized carbons (Fsp3) is 0.526. The van der Waals surface area contributed by atoms with Crippen LogP contribution in [0.4, 0.5) is 0 Å². The average Bonchev–Trinajstić information content (AvgIpc) is 2.64. The number of benzene rings is 1. The van der Waals surface area contributed by atoms with E-state index in [1.165, 1.54) is 0 Å². The Bertz CT molecular complexity index is 631. The molecule has 0 bridgehead atoms. The van der Waals surface area contributed by atoms with Crippen molar-refractivity contribution in [3.8, 4) is 5.75 Å². The summed E-state index contributed by atoms with van der Waals surface area (Å²) < 4.78 is 5.49. The molecule has 1 atom stereocenters. The Labute approximate surface area is 157 Å². The summed E-state index contributed by atoms with van der Waals surface area (Å²) in [7, 11) is 0. The highest BCUT2D eigenvalue weighted by molar-refractivity contribution is 7.99. The number of amides is 1. The van der Waals surface area contributed by atoms with Crippen molar-refractivity contribution < 1.29 is 24.2 Å². The lowest BCUT2D eigenvalue weighted by Crippen LogP contribution is -2.47. The molecular weight excluding hydrogens is 354 g/mol. The zero-order valence-corrected chi connectivity index (χ0v) is 15.8. The molecule has 7 heteroatoms. The first-order valence-corrected chi connectivity index (χ1v) is 10.0. The zero-order chi connectivity index (χ0) is 18.9. The fourth-order valence-corrected chi connectivity index (χ4v) is 3.88. The second-order valence-corrected chi connectivity index (χ2v) is 7.36. The van der Waals surface area contributed by atoms with Gasteiger partial charge in [0.25, 0.3) is 0 Å². The van der Waals surface area contributed by atoms with Gasteiger partial charge in [-0.1, -0.05) is 6.92 Å². The molecule has 1 saturated heterocycles. The van der Waals surface area contributed by atoms with Gasteiger partial charge in [0.1, 0.15) is 5.75 Å². The first kappa shape index (κ1) is 20.3. The molecule has 2 rings (SSSR count). The fourth-order valence-electron chi connectivity index (χ4n) is 2.82. The van der Waals surface area contributed by atoms with Gasteiger partial charge in [-0.05, 0) is 30.7 Å². The summed E-state index contributed by atoms with van der Waals surface area (Å²) in [4.78, 5) is 37.3. The van der Waals surface area contributed by atoms with Gasteiger partial charge in [-0.15, -0.1) is 0 Å². The Morgan fingerprint density at radius 1 is 1.23 bits per heavy atom. The molecule has 1 fully saturated rings. The third-order valence-electron chi connectivity index (χ3n) is 4.17. The van der Waals surface area contributed by atoms with Crippen molar-refractivity contribution in [1.29, 1.82) is 0 Å². The molecule has 1 amide bonds. The van der Waals surface area contributed by atoms with Crippen molar-refractivity contribution in [2.75, 3.05) is 24.7 Å². The maximum atomic E-state index is 12.4. The summed E-state index contributed by atoms with van der Waals surface area (Å²) in [5, 5.41) is 9.00. The number of ether oxygens (including phenoxy) is 1. The number of carbonyl (C=O) groups excluding carboxylic acids is 2. The normalized spacial score (nSPS) is 17.0. The van der Waals surface area contributed by atoms with Crippen LogP contribution >= 0.6 is 11.8 Å². The lowest BCUT2D eigenvalue weighted by Gasteiger charge is -2.34. The molecule has 6 nitrogen and oxygen atoms in total. The van der Waals surface area contributed by atoms with E-state index in [-0.39, 0.29) is 37.0 Å². The van der Waals surface area contributed by atoms with E-state index in [2.05, 4.69) is 0 Å². The highest BCUT2D eigenvalue weighted by Crippen LogP contribution is 2.21. The highest BCUT2D eigenvalue weighted by atomic mass is 32.2. The summed E-state index contributed by atoms with van der Waals surface area (Å²) >= 11 is 1.66. The Kier molecular flexibility index (Phi) is 7.97. The van der Waals surface area contributed by atoms with Crippen LogP contribution in [0.2, 0.25) is 0 Å². The van der Waals surface area contributed by atoms with Gasteiger partial charge in [-0.25, -0.2) is 0 Å². The zero-order valence-electron chi connectivity index (χ0n) is 15.0. The number of ketones is 1. The molecule has 0 radical (unpaired) electrons. The summed E-state index contributed by atoms with van der Waals surface area (Å²) in [6.07, 6.45) is 1.09. The number of aliphatic carboxylic acids is 1. The minimum atomic E-state index is -0.906. The van der Waals surface area contributed by atoms with Crippen molar-refractivity contribution in [2.24, 2.45) is 0 Å². The van der Waals surface area contributed by atoms with Crippen molar-refractivity contribution in [3.63, 3.8) is 0 Å². The molecule has 1 aliphatic heterocycles. The molecule has 142 valence electrons. The summed E-state index contributed by atoms with van der Waals surface area (Å²) in [6.45, 7) is 3.20. The minimum absolute atomic E-state index is 0.0497. The molecule has 1 N–H and O–H groups in total. The Hall–Kier alpha value is -2.02. The monoisotopic (exact) mass is 379 g/mol. The van der Waals surface area contributed by atoms with Gasteiger partial charge in [0, 0.05) is 36.5 Å². The highest BCUT2D eigenvalue weighted by Gasteiger charge is 2.28. The third-order valence-corrected chi connectivity index (χ3v) is 5.26. The van der Waals surface area contributed by atoms with Gasteiger partial charge in [-0.3, -0.25) is 14.4 Å². The van der Waals surface area contributed by atoms with Crippen LogP contribution in [0.25, 0.3) is 0 Å². The van der Waals surface area contributed by atoms with Crippen LogP contribution < -0.4 is 4.74 Å². The van der Waals surface area contributed by atoms with E-state index < -0.39 is 5.97 Å². The summed E-state index contributed by atoms with van der Waals surface area (Å²) in [6, 6.07) is 6.65. The molecule has 1 aliphatic rings. The number of carboxylic acid groups (broad SMARTS) is 1. The van der Waals surface area contributed by atoms with Gasteiger partial charge < -0.3 is 14.7 Å². The van der Waals surface area contributed by atoms with E-state index in [9.17, 15) is 14.4 Å². The standard InChI is InChI=1S/C19H25NO5S/c1-2-10-25-16-5-3-14(4-6-16)17(21)7-8-18(22)20-9-11-26-13-15(20)12-19(23)24/h3-6,15H,2,7-13H2,1H3,(H,23,24). The second kappa shape index (κ2) is 10.2. The average molecular weight is 379 g/mol. The maximum Gasteiger partial charge on any atom is 0.305 e. The van der Waals surface area contributed by atoms with Crippen LogP contribution in [-0.4, -0.2) is 58.4 Å². The molecule has 0 aliphatic carbocycles. The molecule has 0 spiro atoms. The second-order valence-electron chi connectivity index (χ2n) is 6.21. The summed E-state index contributed by atoms with van der Waals surface area (Å²) in [5.41, 5.74) is 0.554. The molecule has 1 unspecified atom stereocenters. The van der Waals surface area contributed by atoms with E-state index in [1.54, 1.807) is 40.9 Å². The molecule has 0 aromatic heterocycles. The van der Waals surface area contributed by atoms with E-state index >= 15 is 0 Å². The first-order valence-electron chi connectivity index (χ1n) is 8.86. The van der Waals surface area contributed by atoms with Crippen LogP contribution in [0.1, 0.15) is 43.0 Å². The maximum absolute atomic E-state index is 12.4. The molecular formula is C19H25NO5S. The largest absolute Gasteiger partial charge is 0.494 e. The van der Waals surface area contributed by atoms with Crippen molar-refractivity contribution in [1.82, 2.24) is 4.90 Å². The smallest absolute Gasteiger partial charge is 0.305 e. The molecule has 1 aromatic rings. The van der Waals surface area contributed by atoms with Gasteiger partial charge in [0.05, 0.1) is 19.1 Å². The van der Waals surface area contributed by atoms with Crippen molar-refractivity contribution in [3.05, 3.63) is 29.8 Å². The van der Waals surface area contributed by atoms with Crippen LogP contribution in [-0.2, 0) is 9.59 Å². The molecule has 0 saturated carbocycles. The lowest BCUT2D eigenvalue weighted by atomic mass is 10.1. The number of carbonyl (C=O) groups is 3. The topological polar surface area (TPSA) is 83.9 Å². The molecule has 1 heterocycles. The SMILES string of the molecule is CCCOc1ccc(C(=O)CCC(=O)N2CCSCC2CC(=O)O)cc1. The number of rotatable bonds is 9. The van der Waals surface area contributed by atoms with E-state index in [0.717, 1.165) is 17.9 Å². The van der Waals surface area contributed by atoms with Gasteiger partial charge in [-0.2, -0.15) is 11.8 Å². The van der Waals surface area contributed by atoms with Crippen molar-refractivity contribution in [2.45, 2.75) is 38.6 Å². The third kappa shape index (κ3) is 6.05. The predicted molar refractivity (Wildman–Crippen MR) is 101 cm³/mol. The van der Waals surface area contributed by atoms with Gasteiger partial charge in [0.15, 0.2) is 5.78 Å². The molecule has 1 aromatic carbocycles. The number of hydrogen-bond donors (Lipinski definition) is 1. The minimum Gasteiger partial charge on any atom is -0.494 e. The Morgan fingerprint density at radius 3 is 2.62 bits per heavy atom. The van der Waals surface area contributed by atoms with Crippen molar-refractivity contribution >= 4 is 29.4 Å². The van der Waals surface area contributed by atoms with E-state index in [0.29, 0.717) is 24.5 Å². The number of nitrogens with zero attached hydrogens (tertiary/aromatic N) is 1. The lowest BCUT2D eigenvalue weighted by molar-refractivity contribution is -0.140. The van der Waals surface area contributed by atoms with Gasteiger partial charge in [0.2, 0.25) is 5.91 Å². The van der Waals surface area contributed by atoms with Crippen LogP contribution in [0.3, 0.4) is 0 Å². The Morgan fingerprint density at radius 2 is 1.96 bits per heavy atom. The van der Waals surface area contributed by atoms with Crippen LogP contribution in [0, 0.1) is 0 Å². The van der Waals surface area contributed by atoms with Gasteiger partial charge >= 0.3 is 5.97 Å². The summed E-state index contributed by atoms with van der Waals surface area (Å²) in [5.74, 6) is 1.01.